The van der Waals surface area contributed by atoms with Crippen LogP contribution in [0, 0.1) is 5.82 Å². The van der Waals surface area contributed by atoms with E-state index >= 15 is 0 Å². The first-order chi connectivity index (χ1) is 11.6. The van der Waals surface area contributed by atoms with Gasteiger partial charge in [-0.2, -0.15) is 0 Å². The number of para-hydroxylation sites is 1. The third kappa shape index (κ3) is 2.99. The molecule has 0 unspecified atom stereocenters. The summed E-state index contributed by atoms with van der Waals surface area (Å²) in [6.07, 6.45) is 1.41. The molecule has 24 heavy (non-hydrogen) atoms. The molecule has 0 aliphatic heterocycles. The highest BCUT2D eigenvalue weighted by Crippen LogP contribution is 2.20. The lowest BCUT2D eigenvalue weighted by Gasteiger charge is -2.08. The fourth-order valence-electron chi connectivity index (χ4n) is 2.51. The molecule has 0 bridgehead atoms. The maximum Gasteiger partial charge on any atom is 0.292 e. The van der Waals surface area contributed by atoms with Gasteiger partial charge in [-0.3, -0.25) is 9.59 Å². The Balaban J connectivity index is 1.77. The number of aromatic amines is 1. The molecule has 1 aromatic heterocycles. The molecule has 0 saturated heterocycles. The summed E-state index contributed by atoms with van der Waals surface area (Å²) in [6, 6.07) is 11.2. The Labute approximate surface area is 137 Å². The van der Waals surface area contributed by atoms with Crippen LogP contribution in [0.25, 0.3) is 10.9 Å². The number of benzene rings is 2. The van der Waals surface area contributed by atoms with Crippen molar-refractivity contribution >= 4 is 22.6 Å². The van der Waals surface area contributed by atoms with Crippen LogP contribution < -0.4 is 10.1 Å². The van der Waals surface area contributed by atoms with Crippen LogP contribution in [0.2, 0.25) is 0 Å². The molecule has 6 heteroatoms. The number of H-pyrrole nitrogens is 1. The summed E-state index contributed by atoms with van der Waals surface area (Å²) in [4.78, 5) is 27.3. The van der Waals surface area contributed by atoms with E-state index in [2.05, 4.69) is 10.3 Å². The number of carbonyl (C=O) groups excluding carboxylic acids is 2. The van der Waals surface area contributed by atoms with Gasteiger partial charge >= 0.3 is 0 Å². The first-order valence-electron chi connectivity index (χ1n) is 7.31. The lowest BCUT2D eigenvalue weighted by molar-refractivity contribution is -0.117. The summed E-state index contributed by atoms with van der Waals surface area (Å²) in [6.45, 7) is 0.158. The molecule has 3 rings (SSSR count). The molecular formula is C18H15FN2O3. The standard InChI is InChI=1S/C18H15FN2O3/c1-24-16-5-3-2-4-11(16)9-21-18(23)17(22)14-10-20-15-7-6-12(19)8-13(14)15/h2-8,10,20H,9H2,1H3,(H,21,23). The van der Waals surface area contributed by atoms with Crippen molar-refractivity contribution in [3.05, 3.63) is 65.6 Å². The molecule has 3 aromatic rings. The third-order valence-corrected chi connectivity index (χ3v) is 3.73. The average molecular weight is 326 g/mol. The predicted octanol–water partition coefficient (Wildman–Crippen LogP) is 2.81. The lowest BCUT2D eigenvalue weighted by atomic mass is 10.1. The van der Waals surface area contributed by atoms with Crippen LogP contribution in [0.5, 0.6) is 5.75 Å². The molecule has 0 aliphatic carbocycles. The Morgan fingerprint density at radius 1 is 1.21 bits per heavy atom. The van der Waals surface area contributed by atoms with Crippen LogP contribution in [0.15, 0.2) is 48.7 Å². The van der Waals surface area contributed by atoms with Gasteiger partial charge in [0.05, 0.1) is 12.7 Å². The Morgan fingerprint density at radius 3 is 2.79 bits per heavy atom. The molecule has 0 fully saturated rings. The molecule has 122 valence electrons. The molecule has 0 radical (unpaired) electrons. The molecule has 2 N–H and O–H groups in total. The van der Waals surface area contributed by atoms with Gasteiger partial charge in [-0.05, 0) is 24.3 Å². The Hall–Kier alpha value is -3.15. The van der Waals surface area contributed by atoms with Gasteiger partial charge in [-0.25, -0.2) is 4.39 Å². The van der Waals surface area contributed by atoms with Crippen molar-refractivity contribution in [2.24, 2.45) is 0 Å². The molecular weight excluding hydrogens is 311 g/mol. The first-order valence-corrected chi connectivity index (χ1v) is 7.31. The number of nitrogens with one attached hydrogen (secondary N) is 2. The van der Waals surface area contributed by atoms with E-state index < -0.39 is 17.5 Å². The Kier molecular flexibility index (Phi) is 4.29. The van der Waals surface area contributed by atoms with Gasteiger partial charge in [0.1, 0.15) is 11.6 Å². The Bertz CT molecular complexity index is 918. The van der Waals surface area contributed by atoms with E-state index in [0.29, 0.717) is 16.7 Å². The molecule has 1 heterocycles. The number of halogens is 1. The number of aromatic nitrogens is 1. The number of hydrogen-bond donors (Lipinski definition) is 2. The van der Waals surface area contributed by atoms with Crippen molar-refractivity contribution in [3.63, 3.8) is 0 Å². The zero-order valence-electron chi connectivity index (χ0n) is 12.9. The minimum Gasteiger partial charge on any atom is -0.496 e. The van der Waals surface area contributed by atoms with E-state index in [1.54, 1.807) is 12.1 Å². The van der Waals surface area contributed by atoms with Crippen LogP contribution >= 0.6 is 0 Å². The summed E-state index contributed by atoms with van der Waals surface area (Å²) in [7, 11) is 1.53. The molecule has 2 aromatic carbocycles. The van der Waals surface area contributed by atoms with Crippen LogP contribution in [0.3, 0.4) is 0 Å². The van der Waals surface area contributed by atoms with E-state index in [1.807, 2.05) is 12.1 Å². The van der Waals surface area contributed by atoms with Gasteiger partial charge in [0.2, 0.25) is 0 Å². The van der Waals surface area contributed by atoms with Crippen LogP contribution in [-0.4, -0.2) is 23.8 Å². The molecule has 1 amide bonds. The van der Waals surface area contributed by atoms with E-state index in [-0.39, 0.29) is 12.1 Å². The van der Waals surface area contributed by atoms with Crippen LogP contribution in [0.4, 0.5) is 4.39 Å². The summed E-state index contributed by atoms with van der Waals surface area (Å²) in [5.74, 6) is -1.32. The molecule has 0 aliphatic rings. The topological polar surface area (TPSA) is 71.2 Å². The van der Waals surface area contributed by atoms with Gasteiger partial charge in [0.15, 0.2) is 0 Å². The van der Waals surface area contributed by atoms with Crippen molar-refractivity contribution in [1.29, 1.82) is 0 Å². The summed E-state index contributed by atoms with van der Waals surface area (Å²) in [5.41, 5.74) is 1.49. The van der Waals surface area contributed by atoms with Crippen molar-refractivity contribution in [3.8, 4) is 5.75 Å². The van der Waals surface area contributed by atoms with Gasteiger partial charge in [0.25, 0.3) is 11.7 Å². The number of ketones is 1. The third-order valence-electron chi connectivity index (χ3n) is 3.73. The maximum absolute atomic E-state index is 13.4. The highest BCUT2D eigenvalue weighted by Gasteiger charge is 2.20. The fraction of sp³-hybridized carbons (Fsp3) is 0.111. The van der Waals surface area contributed by atoms with Gasteiger partial charge < -0.3 is 15.0 Å². The predicted molar refractivity (Wildman–Crippen MR) is 87.4 cm³/mol. The number of ether oxygens (including phenoxy) is 1. The number of methoxy groups -OCH3 is 1. The van der Waals surface area contributed by atoms with Gasteiger partial charge in [0, 0.05) is 29.2 Å². The number of Topliss-reactive ketones (excluding diaryl/α,β-unsaturated/α-hetero) is 1. The van der Waals surface area contributed by atoms with E-state index in [4.69, 9.17) is 4.74 Å². The fourth-order valence-corrected chi connectivity index (χ4v) is 2.51. The number of carbonyl (C=O) groups is 2. The van der Waals surface area contributed by atoms with Gasteiger partial charge in [-0.1, -0.05) is 18.2 Å². The molecule has 0 saturated carbocycles. The highest BCUT2D eigenvalue weighted by molar-refractivity contribution is 6.44. The zero-order chi connectivity index (χ0) is 17.1. The van der Waals surface area contributed by atoms with Crippen molar-refractivity contribution in [1.82, 2.24) is 10.3 Å². The lowest BCUT2D eigenvalue weighted by Crippen LogP contribution is -2.30. The van der Waals surface area contributed by atoms with Crippen molar-refractivity contribution in [2.45, 2.75) is 6.54 Å². The smallest absolute Gasteiger partial charge is 0.292 e. The second kappa shape index (κ2) is 6.54. The van der Waals surface area contributed by atoms with Crippen molar-refractivity contribution < 1.29 is 18.7 Å². The zero-order valence-corrected chi connectivity index (χ0v) is 12.9. The van der Waals surface area contributed by atoms with Crippen molar-refractivity contribution in [2.75, 3.05) is 7.11 Å². The molecule has 5 nitrogen and oxygen atoms in total. The second-order valence-electron chi connectivity index (χ2n) is 5.22. The van der Waals surface area contributed by atoms with Crippen LogP contribution in [-0.2, 0) is 11.3 Å². The minimum absolute atomic E-state index is 0.141. The van der Waals surface area contributed by atoms with Crippen LogP contribution in [0.1, 0.15) is 15.9 Å². The molecule has 0 atom stereocenters. The Morgan fingerprint density at radius 2 is 2.00 bits per heavy atom. The normalized spacial score (nSPS) is 10.6. The summed E-state index contributed by atoms with van der Waals surface area (Å²) < 4.78 is 18.6. The second-order valence-corrected chi connectivity index (χ2v) is 5.22. The highest BCUT2D eigenvalue weighted by atomic mass is 19.1. The molecule has 0 spiro atoms. The monoisotopic (exact) mass is 326 g/mol. The summed E-state index contributed by atoms with van der Waals surface area (Å²) in [5, 5.41) is 2.95. The van der Waals surface area contributed by atoms with Gasteiger partial charge in [-0.15, -0.1) is 0 Å². The van der Waals surface area contributed by atoms with E-state index in [0.717, 1.165) is 5.56 Å². The van der Waals surface area contributed by atoms with E-state index in [1.165, 1.54) is 31.5 Å². The average Bonchev–Trinajstić information content (AvgIpc) is 3.02. The first kappa shape index (κ1) is 15.7. The number of hydrogen-bond acceptors (Lipinski definition) is 3. The number of amides is 1. The minimum atomic E-state index is -0.758. The quantitative estimate of drug-likeness (QED) is 0.559. The summed E-state index contributed by atoms with van der Waals surface area (Å²) >= 11 is 0. The number of rotatable bonds is 5. The SMILES string of the molecule is COc1ccccc1CNC(=O)C(=O)c1c[nH]c2ccc(F)cc12. The van der Waals surface area contributed by atoms with E-state index in [9.17, 15) is 14.0 Å². The maximum atomic E-state index is 13.4. The largest absolute Gasteiger partial charge is 0.496 e. The number of fused-ring (bicyclic) bond motifs is 1.